The number of anilines is 1. The molecule has 0 radical (unpaired) electrons. The average Bonchev–Trinajstić information content (AvgIpc) is 2.88. The van der Waals surface area contributed by atoms with E-state index in [0.717, 1.165) is 20.5 Å². The Morgan fingerprint density at radius 2 is 2.29 bits per heavy atom. The number of fused-ring (bicyclic) bond motifs is 1. The molecule has 0 bridgehead atoms. The molecule has 86 valence electrons. The number of hydrogen-bond acceptors (Lipinski definition) is 5. The van der Waals surface area contributed by atoms with Crippen molar-refractivity contribution in [2.45, 2.75) is 6.54 Å². The summed E-state index contributed by atoms with van der Waals surface area (Å²) >= 11 is 4.96. The standard InChI is InChI=1S/C10H8BrN5S/c11-6-1-8-9(14-2-6)16(10(12)15-8)4-7-3-13-5-17-7/h1-3,5H,4H2,(H2,12,15). The summed E-state index contributed by atoms with van der Waals surface area (Å²) in [6, 6.07) is 1.90. The van der Waals surface area contributed by atoms with Gasteiger partial charge in [0, 0.05) is 21.7 Å². The fraction of sp³-hybridized carbons (Fsp3) is 0.100. The molecular weight excluding hydrogens is 302 g/mol. The zero-order valence-corrected chi connectivity index (χ0v) is 11.1. The number of nitrogens with two attached hydrogens (primary N) is 1. The van der Waals surface area contributed by atoms with Crippen LogP contribution in [0.4, 0.5) is 5.95 Å². The van der Waals surface area contributed by atoms with Crippen LogP contribution in [0.3, 0.4) is 0 Å². The highest BCUT2D eigenvalue weighted by atomic mass is 79.9. The van der Waals surface area contributed by atoms with Crippen LogP contribution in [0.15, 0.2) is 28.4 Å². The summed E-state index contributed by atoms with van der Waals surface area (Å²) in [7, 11) is 0. The Labute approximate surface area is 109 Å². The van der Waals surface area contributed by atoms with Crippen LogP contribution in [0, 0.1) is 0 Å². The smallest absolute Gasteiger partial charge is 0.202 e. The molecule has 7 heteroatoms. The molecule has 0 aliphatic rings. The number of rotatable bonds is 2. The summed E-state index contributed by atoms with van der Waals surface area (Å²) < 4.78 is 2.78. The molecule has 3 aromatic rings. The number of halogens is 1. The van der Waals surface area contributed by atoms with Gasteiger partial charge in [0.25, 0.3) is 0 Å². The lowest BCUT2D eigenvalue weighted by atomic mass is 10.4. The summed E-state index contributed by atoms with van der Waals surface area (Å²) in [6.07, 6.45) is 3.57. The van der Waals surface area contributed by atoms with Crippen LogP contribution in [-0.2, 0) is 6.54 Å². The van der Waals surface area contributed by atoms with Gasteiger partial charge in [-0.15, -0.1) is 11.3 Å². The van der Waals surface area contributed by atoms with Crippen molar-refractivity contribution in [1.29, 1.82) is 0 Å². The Morgan fingerprint density at radius 1 is 1.41 bits per heavy atom. The summed E-state index contributed by atoms with van der Waals surface area (Å²) in [5.74, 6) is 0.471. The average molecular weight is 310 g/mol. The number of pyridine rings is 1. The first kappa shape index (κ1) is 10.7. The van der Waals surface area contributed by atoms with E-state index in [2.05, 4.69) is 30.9 Å². The second kappa shape index (κ2) is 4.08. The Hall–Kier alpha value is -1.47. The molecule has 0 spiro atoms. The van der Waals surface area contributed by atoms with E-state index in [1.165, 1.54) is 0 Å². The van der Waals surface area contributed by atoms with Gasteiger partial charge in [-0.05, 0) is 22.0 Å². The van der Waals surface area contributed by atoms with Crippen molar-refractivity contribution in [2.75, 3.05) is 5.73 Å². The summed E-state index contributed by atoms with van der Waals surface area (Å²) in [5.41, 5.74) is 9.28. The van der Waals surface area contributed by atoms with Crippen molar-refractivity contribution in [2.24, 2.45) is 0 Å². The Kier molecular flexibility index (Phi) is 2.56. The Balaban J connectivity index is 2.12. The van der Waals surface area contributed by atoms with Crippen LogP contribution < -0.4 is 5.73 Å². The van der Waals surface area contributed by atoms with Gasteiger partial charge in [0.15, 0.2) is 5.65 Å². The topological polar surface area (TPSA) is 69.6 Å². The van der Waals surface area contributed by atoms with E-state index in [1.807, 2.05) is 16.8 Å². The molecule has 0 saturated carbocycles. The summed E-state index contributed by atoms with van der Waals surface area (Å²) in [5, 5.41) is 0. The lowest BCUT2D eigenvalue weighted by Gasteiger charge is -2.02. The predicted molar refractivity (Wildman–Crippen MR) is 70.9 cm³/mol. The van der Waals surface area contributed by atoms with Crippen LogP contribution in [0.1, 0.15) is 4.88 Å². The minimum atomic E-state index is 0.471. The quantitative estimate of drug-likeness (QED) is 0.788. The molecule has 0 saturated heterocycles. The van der Waals surface area contributed by atoms with E-state index in [9.17, 15) is 0 Å². The van der Waals surface area contributed by atoms with Gasteiger partial charge in [-0.25, -0.2) is 9.97 Å². The molecule has 17 heavy (non-hydrogen) atoms. The SMILES string of the molecule is Nc1nc2cc(Br)cnc2n1Cc1cncs1. The van der Waals surface area contributed by atoms with Gasteiger partial charge < -0.3 is 5.73 Å². The Morgan fingerprint density at radius 3 is 3.06 bits per heavy atom. The first-order chi connectivity index (χ1) is 8.24. The van der Waals surface area contributed by atoms with Gasteiger partial charge in [-0.1, -0.05) is 0 Å². The fourth-order valence-electron chi connectivity index (χ4n) is 1.64. The summed E-state index contributed by atoms with van der Waals surface area (Å²) in [6.45, 7) is 0.654. The van der Waals surface area contributed by atoms with Gasteiger partial charge in [0.05, 0.1) is 12.1 Å². The van der Waals surface area contributed by atoms with Crippen LogP contribution >= 0.6 is 27.3 Å². The molecule has 0 aliphatic carbocycles. The van der Waals surface area contributed by atoms with E-state index < -0.39 is 0 Å². The first-order valence-electron chi connectivity index (χ1n) is 4.88. The van der Waals surface area contributed by atoms with Gasteiger partial charge >= 0.3 is 0 Å². The monoisotopic (exact) mass is 309 g/mol. The molecule has 0 unspecified atom stereocenters. The number of hydrogen-bond donors (Lipinski definition) is 1. The van der Waals surface area contributed by atoms with Crippen LogP contribution in [-0.4, -0.2) is 19.5 Å². The predicted octanol–water partition coefficient (Wildman–Crippen LogP) is 2.28. The third kappa shape index (κ3) is 1.91. The van der Waals surface area contributed by atoms with Crippen molar-refractivity contribution in [3.05, 3.63) is 33.3 Å². The van der Waals surface area contributed by atoms with E-state index >= 15 is 0 Å². The number of aromatic nitrogens is 4. The van der Waals surface area contributed by atoms with E-state index in [1.54, 1.807) is 23.0 Å². The van der Waals surface area contributed by atoms with Crippen LogP contribution in [0.25, 0.3) is 11.2 Å². The van der Waals surface area contributed by atoms with Gasteiger partial charge in [-0.3, -0.25) is 9.55 Å². The largest absolute Gasteiger partial charge is 0.369 e. The maximum Gasteiger partial charge on any atom is 0.202 e. The molecule has 3 aromatic heterocycles. The lowest BCUT2D eigenvalue weighted by Crippen LogP contribution is -2.04. The molecular formula is C10H8BrN5S. The maximum absolute atomic E-state index is 5.90. The number of nitrogens with zero attached hydrogens (tertiary/aromatic N) is 4. The molecule has 0 aliphatic heterocycles. The minimum absolute atomic E-state index is 0.471. The highest BCUT2D eigenvalue weighted by Crippen LogP contribution is 2.21. The highest BCUT2D eigenvalue weighted by Gasteiger charge is 2.10. The Bertz CT molecular complexity index is 661. The maximum atomic E-state index is 5.90. The molecule has 3 rings (SSSR count). The van der Waals surface area contributed by atoms with E-state index in [-0.39, 0.29) is 0 Å². The van der Waals surface area contributed by atoms with Crippen molar-refractivity contribution < 1.29 is 0 Å². The molecule has 2 N–H and O–H groups in total. The first-order valence-corrected chi connectivity index (χ1v) is 6.56. The van der Waals surface area contributed by atoms with Gasteiger partial charge in [0.1, 0.15) is 5.52 Å². The van der Waals surface area contributed by atoms with Crippen LogP contribution in [0.2, 0.25) is 0 Å². The number of nitrogen functional groups attached to an aromatic ring is 1. The second-order valence-electron chi connectivity index (χ2n) is 3.52. The molecule has 0 atom stereocenters. The van der Waals surface area contributed by atoms with Crippen molar-refractivity contribution in [3.63, 3.8) is 0 Å². The van der Waals surface area contributed by atoms with Crippen LogP contribution in [0.5, 0.6) is 0 Å². The molecule has 0 aromatic carbocycles. The van der Waals surface area contributed by atoms with E-state index in [4.69, 9.17) is 5.73 Å². The molecule has 0 amide bonds. The number of imidazole rings is 1. The van der Waals surface area contributed by atoms with E-state index in [0.29, 0.717) is 12.5 Å². The molecule has 0 fully saturated rings. The molecule has 5 nitrogen and oxygen atoms in total. The molecule has 3 heterocycles. The lowest BCUT2D eigenvalue weighted by molar-refractivity contribution is 0.839. The third-order valence-corrected chi connectivity index (χ3v) is 3.58. The minimum Gasteiger partial charge on any atom is -0.369 e. The van der Waals surface area contributed by atoms with Crippen molar-refractivity contribution >= 4 is 44.4 Å². The third-order valence-electron chi connectivity index (χ3n) is 2.38. The zero-order valence-electron chi connectivity index (χ0n) is 8.67. The normalized spacial score (nSPS) is 11.1. The van der Waals surface area contributed by atoms with Crippen molar-refractivity contribution in [1.82, 2.24) is 19.5 Å². The highest BCUT2D eigenvalue weighted by molar-refractivity contribution is 9.10. The summed E-state index contributed by atoms with van der Waals surface area (Å²) in [4.78, 5) is 13.8. The zero-order chi connectivity index (χ0) is 11.8. The number of thiazole rings is 1. The van der Waals surface area contributed by atoms with Crippen molar-refractivity contribution in [3.8, 4) is 0 Å². The fourth-order valence-corrected chi connectivity index (χ4v) is 2.54. The second-order valence-corrected chi connectivity index (χ2v) is 5.41. The van der Waals surface area contributed by atoms with Gasteiger partial charge in [-0.2, -0.15) is 0 Å². The van der Waals surface area contributed by atoms with Gasteiger partial charge in [0.2, 0.25) is 5.95 Å².